The molecule has 0 unspecified atom stereocenters. The van der Waals surface area contributed by atoms with Gasteiger partial charge in [-0.1, -0.05) is 6.08 Å². The first kappa shape index (κ1) is 14.3. The highest BCUT2D eigenvalue weighted by atomic mass is 19.1. The van der Waals surface area contributed by atoms with Crippen molar-refractivity contribution in [1.82, 2.24) is 0 Å². The number of hydrogen-bond acceptors (Lipinski definition) is 3. The summed E-state index contributed by atoms with van der Waals surface area (Å²) >= 11 is 0. The summed E-state index contributed by atoms with van der Waals surface area (Å²) in [5, 5.41) is 8.64. The van der Waals surface area contributed by atoms with Crippen molar-refractivity contribution in [2.75, 3.05) is 0 Å². The van der Waals surface area contributed by atoms with E-state index in [1.165, 1.54) is 12.1 Å². The van der Waals surface area contributed by atoms with E-state index in [0.29, 0.717) is 5.92 Å². The molecule has 20 heavy (non-hydrogen) atoms. The SMILES string of the molecule is C=C[C@H]1CC[C@H](C(=O)Oc2ccc(C#N)c(F)c2)CC1. The lowest BCUT2D eigenvalue weighted by atomic mass is 9.82. The minimum atomic E-state index is -0.673. The lowest BCUT2D eigenvalue weighted by Gasteiger charge is -2.24. The third kappa shape index (κ3) is 3.24. The van der Waals surface area contributed by atoms with Gasteiger partial charge >= 0.3 is 5.97 Å². The second-order valence-corrected chi connectivity index (χ2v) is 5.02. The number of hydrogen-bond donors (Lipinski definition) is 0. The number of nitrogens with zero attached hydrogens (tertiary/aromatic N) is 1. The first-order chi connectivity index (χ1) is 9.63. The lowest BCUT2D eigenvalue weighted by molar-refractivity contribution is -0.140. The van der Waals surface area contributed by atoms with Gasteiger partial charge in [0.1, 0.15) is 17.6 Å². The molecule has 0 atom stereocenters. The van der Waals surface area contributed by atoms with Crippen molar-refractivity contribution >= 4 is 5.97 Å². The van der Waals surface area contributed by atoms with E-state index in [-0.39, 0.29) is 23.2 Å². The summed E-state index contributed by atoms with van der Waals surface area (Å²) in [6, 6.07) is 5.55. The second kappa shape index (κ2) is 6.33. The van der Waals surface area contributed by atoms with E-state index in [1.54, 1.807) is 6.07 Å². The van der Waals surface area contributed by atoms with Gasteiger partial charge in [0, 0.05) is 6.07 Å². The minimum Gasteiger partial charge on any atom is -0.426 e. The van der Waals surface area contributed by atoms with Gasteiger partial charge < -0.3 is 4.74 Å². The van der Waals surface area contributed by atoms with Gasteiger partial charge in [-0.05, 0) is 43.7 Å². The molecule has 1 fully saturated rings. The number of benzene rings is 1. The van der Waals surface area contributed by atoms with Crippen molar-refractivity contribution < 1.29 is 13.9 Å². The van der Waals surface area contributed by atoms with Crippen LogP contribution in [0.25, 0.3) is 0 Å². The van der Waals surface area contributed by atoms with Crippen LogP contribution in [0, 0.1) is 29.0 Å². The maximum Gasteiger partial charge on any atom is 0.314 e. The van der Waals surface area contributed by atoms with Crippen molar-refractivity contribution in [2.24, 2.45) is 11.8 Å². The monoisotopic (exact) mass is 273 g/mol. The summed E-state index contributed by atoms with van der Waals surface area (Å²) in [6.45, 7) is 3.76. The van der Waals surface area contributed by atoms with E-state index in [2.05, 4.69) is 6.58 Å². The van der Waals surface area contributed by atoms with Crippen molar-refractivity contribution in [2.45, 2.75) is 25.7 Å². The highest BCUT2D eigenvalue weighted by Crippen LogP contribution is 2.30. The Bertz CT molecular complexity index is 554. The normalized spacial score (nSPS) is 21.8. The van der Waals surface area contributed by atoms with Gasteiger partial charge in [0.05, 0.1) is 11.5 Å². The van der Waals surface area contributed by atoms with E-state index < -0.39 is 5.82 Å². The fourth-order valence-corrected chi connectivity index (χ4v) is 2.44. The number of rotatable bonds is 3. The average molecular weight is 273 g/mol. The summed E-state index contributed by atoms with van der Waals surface area (Å²) in [5.41, 5.74) is -0.0590. The van der Waals surface area contributed by atoms with E-state index in [9.17, 15) is 9.18 Å². The number of halogens is 1. The molecule has 1 aliphatic carbocycles. The van der Waals surface area contributed by atoms with E-state index >= 15 is 0 Å². The van der Waals surface area contributed by atoms with E-state index in [4.69, 9.17) is 10.00 Å². The molecule has 4 heteroatoms. The van der Waals surface area contributed by atoms with Crippen LogP contribution in [0.4, 0.5) is 4.39 Å². The first-order valence-electron chi connectivity index (χ1n) is 6.68. The molecule has 1 aromatic carbocycles. The van der Waals surface area contributed by atoms with Crippen molar-refractivity contribution in [3.05, 3.63) is 42.2 Å². The van der Waals surface area contributed by atoms with E-state index in [1.807, 2.05) is 6.08 Å². The minimum absolute atomic E-state index is 0.0590. The Balaban J connectivity index is 1.97. The molecule has 0 saturated heterocycles. The largest absolute Gasteiger partial charge is 0.426 e. The molecular formula is C16H16FNO2. The van der Waals surface area contributed by atoms with Crippen LogP contribution in [-0.4, -0.2) is 5.97 Å². The summed E-state index contributed by atoms with van der Waals surface area (Å²) in [7, 11) is 0. The molecule has 0 aliphatic heterocycles. The molecule has 104 valence electrons. The molecule has 0 bridgehead atoms. The Morgan fingerprint density at radius 1 is 1.40 bits per heavy atom. The van der Waals surface area contributed by atoms with Gasteiger partial charge in [-0.15, -0.1) is 6.58 Å². The molecule has 0 spiro atoms. The molecular weight excluding hydrogens is 257 g/mol. The van der Waals surface area contributed by atoms with E-state index in [0.717, 1.165) is 31.7 Å². The summed E-state index contributed by atoms with van der Waals surface area (Å²) in [6.07, 6.45) is 5.34. The molecule has 1 aliphatic rings. The molecule has 3 nitrogen and oxygen atoms in total. The zero-order valence-corrected chi connectivity index (χ0v) is 11.1. The smallest absolute Gasteiger partial charge is 0.314 e. The molecule has 2 rings (SSSR count). The summed E-state index contributed by atoms with van der Waals surface area (Å²) in [4.78, 5) is 12.0. The second-order valence-electron chi connectivity index (χ2n) is 5.02. The number of ether oxygens (including phenoxy) is 1. The fraction of sp³-hybridized carbons (Fsp3) is 0.375. The Kier molecular flexibility index (Phi) is 4.52. The predicted molar refractivity (Wildman–Crippen MR) is 72.4 cm³/mol. The molecule has 1 aromatic rings. The number of esters is 1. The van der Waals surface area contributed by atoms with Crippen LogP contribution < -0.4 is 4.74 Å². The van der Waals surface area contributed by atoms with Gasteiger partial charge in [0.2, 0.25) is 0 Å². The molecule has 0 N–H and O–H groups in total. The lowest BCUT2D eigenvalue weighted by Crippen LogP contribution is -2.25. The topological polar surface area (TPSA) is 50.1 Å². The highest BCUT2D eigenvalue weighted by molar-refractivity contribution is 5.75. The molecule has 0 amide bonds. The van der Waals surface area contributed by atoms with Crippen LogP contribution in [0.3, 0.4) is 0 Å². The average Bonchev–Trinajstić information content (AvgIpc) is 2.47. The number of nitriles is 1. The Hall–Kier alpha value is -2.15. The van der Waals surface area contributed by atoms with Crippen LogP contribution in [0.5, 0.6) is 5.75 Å². The zero-order valence-electron chi connectivity index (χ0n) is 11.1. The van der Waals surface area contributed by atoms with Gasteiger partial charge in [0.15, 0.2) is 0 Å². The van der Waals surface area contributed by atoms with Crippen LogP contribution in [0.1, 0.15) is 31.2 Å². The summed E-state index contributed by atoms with van der Waals surface area (Å²) in [5.74, 6) is -0.501. The molecule has 1 saturated carbocycles. The first-order valence-corrected chi connectivity index (χ1v) is 6.68. The van der Waals surface area contributed by atoms with Crippen molar-refractivity contribution in [3.8, 4) is 11.8 Å². The Morgan fingerprint density at radius 2 is 2.10 bits per heavy atom. The maximum atomic E-state index is 13.4. The number of carbonyl (C=O) groups excluding carboxylic acids is 1. The highest BCUT2D eigenvalue weighted by Gasteiger charge is 2.26. The Labute approximate surface area is 117 Å². The molecule has 0 heterocycles. The fourth-order valence-electron chi connectivity index (χ4n) is 2.44. The molecule has 0 radical (unpaired) electrons. The van der Waals surface area contributed by atoms with Crippen molar-refractivity contribution in [3.63, 3.8) is 0 Å². The Morgan fingerprint density at radius 3 is 2.65 bits per heavy atom. The van der Waals surface area contributed by atoms with Gasteiger partial charge in [-0.25, -0.2) is 4.39 Å². The zero-order chi connectivity index (χ0) is 14.5. The number of allylic oxidation sites excluding steroid dienone is 1. The maximum absolute atomic E-state index is 13.4. The predicted octanol–water partition coefficient (Wildman–Crippen LogP) is 3.60. The van der Waals surface area contributed by atoms with Crippen LogP contribution in [0.15, 0.2) is 30.9 Å². The van der Waals surface area contributed by atoms with Gasteiger partial charge in [-0.2, -0.15) is 5.26 Å². The van der Waals surface area contributed by atoms with Gasteiger partial charge in [0.25, 0.3) is 0 Å². The number of carbonyl (C=O) groups is 1. The third-order valence-electron chi connectivity index (χ3n) is 3.72. The van der Waals surface area contributed by atoms with Crippen molar-refractivity contribution in [1.29, 1.82) is 5.26 Å². The summed E-state index contributed by atoms with van der Waals surface area (Å²) < 4.78 is 18.6. The van der Waals surface area contributed by atoms with Gasteiger partial charge in [-0.3, -0.25) is 4.79 Å². The standard InChI is InChI=1S/C16H16FNO2/c1-2-11-3-5-12(6-4-11)16(19)20-14-8-7-13(10-18)15(17)9-14/h2,7-9,11-12H,1,3-6H2/t11-,12-. The molecule has 0 aromatic heterocycles. The van der Waals surface area contributed by atoms with Crippen LogP contribution in [-0.2, 0) is 4.79 Å². The third-order valence-corrected chi connectivity index (χ3v) is 3.72. The van der Waals surface area contributed by atoms with Crippen LogP contribution in [0.2, 0.25) is 0 Å². The van der Waals surface area contributed by atoms with Crippen LogP contribution >= 0.6 is 0 Å². The quantitative estimate of drug-likeness (QED) is 0.480.